The van der Waals surface area contributed by atoms with Gasteiger partial charge in [0.15, 0.2) is 23.3 Å². The molecule has 23 heavy (non-hydrogen) atoms. The van der Waals surface area contributed by atoms with Crippen LogP contribution in [-0.2, 0) is 11.2 Å². The molecule has 122 valence electrons. The minimum Gasteiger partial charge on any atom is -0.325 e. The summed E-state index contributed by atoms with van der Waals surface area (Å²) in [6.07, 6.45) is -1.01. The molecule has 0 unspecified atom stereocenters. The zero-order valence-corrected chi connectivity index (χ0v) is 14.2. The highest BCUT2D eigenvalue weighted by atomic mass is 79.9. The van der Waals surface area contributed by atoms with E-state index in [0.29, 0.717) is 8.95 Å². The molecule has 2 rings (SSSR count). The molecule has 0 aromatic heterocycles. The van der Waals surface area contributed by atoms with Gasteiger partial charge in [-0.1, -0.05) is 15.9 Å². The number of carbonyl (C=O) groups excluding carboxylic acids is 1. The summed E-state index contributed by atoms with van der Waals surface area (Å²) in [6.45, 7) is 0. The fourth-order valence-electron chi connectivity index (χ4n) is 1.75. The largest absolute Gasteiger partial charge is 0.325 e. The summed E-state index contributed by atoms with van der Waals surface area (Å²) in [5.41, 5.74) is -0.908. The first-order chi connectivity index (χ1) is 10.7. The second-order valence-corrected chi connectivity index (χ2v) is 6.17. The Balaban J connectivity index is 2.27. The van der Waals surface area contributed by atoms with E-state index in [1.165, 1.54) is 6.07 Å². The fraction of sp³-hybridized carbons (Fsp3) is 0.0714. The van der Waals surface area contributed by atoms with Crippen molar-refractivity contribution in [3.05, 3.63) is 61.8 Å². The van der Waals surface area contributed by atoms with Crippen LogP contribution in [0.1, 0.15) is 5.56 Å². The van der Waals surface area contributed by atoms with Crippen molar-refractivity contribution in [3.63, 3.8) is 0 Å². The average molecular weight is 459 g/mol. The van der Waals surface area contributed by atoms with Gasteiger partial charge in [0, 0.05) is 14.5 Å². The molecule has 1 amide bonds. The van der Waals surface area contributed by atoms with E-state index in [1.807, 2.05) is 0 Å². The standard InChI is InChI=1S/C14H6Br2F5NO/c15-5-1-2-8(7(16)3-5)22-9(23)4-6-10(17)12(19)14(21)13(20)11(6)18/h1-3H,4H2,(H,22,23). The molecule has 0 aliphatic rings. The van der Waals surface area contributed by atoms with Crippen LogP contribution in [0.5, 0.6) is 0 Å². The highest BCUT2D eigenvalue weighted by Crippen LogP contribution is 2.27. The molecule has 0 aliphatic heterocycles. The number of hydrogen-bond donors (Lipinski definition) is 1. The Bertz CT molecular complexity index is 768. The van der Waals surface area contributed by atoms with Gasteiger partial charge in [-0.2, -0.15) is 0 Å². The third-order valence-corrected chi connectivity index (χ3v) is 3.99. The normalized spacial score (nSPS) is 10.7. The highest BCUT2D eigenvalue weighted by Gasteiger charge is 2.26. The summed E-state index contributed by atoms with van der Waals surface area (Å²) in [4.78, 5) is 11.8. The highest BCUT2D eigenvalue weighted by molar-refractivity contribution is 9.11. The fourth-order valence-corrected chi connectivity index (χ4v) is 2.90. The predicted molar refractivity (Wildman–Crippen MR) is 80.4 cm³/mol. The number of anilines is 1. The first kappa shape index (κ1) is 17.9. The number of nitrogens with one attached hydrogen (secondary N) is 1. The molecule has 0 bridgehead atoms. The molecule has 0 fully saturated rings. The zero-order chi connectivity index (χ0) is 17.3. The van der Waals surface area contributed by atoms with Crippen molar-refractivity contribution in [1.82, 2.24) is 0 Å². The van der Waals surface area contributed by atoms with Gasteiger partial charge < -0.3 is 5.32 Å². The quantitative estimate of drug-likeness (QED) is 0.387. The van der Waals surface area contributed by atoms with Gasteiger partial charge >= 0.3 is 0 Å². The lowest BCUT2D eigenvalue weighted by Gasteiger charge is -2.10. The van der Waals surface area contributed by atoms with E-state index in [0.717, 1.165) is 0 Å². The summed E-state index contributed by atoms with van der Waals surface area (Å²) in [6, 6.07) is 4.69. The molecule has 2 aromatic rings. The van der Waals surface area contributed by atoms with Gasteiger partial charge in [0.25, 0.3) is 0 Å². The molecule has 0 radical (unpaired) electrons. The average Bonchev–Trinajstić information content (AvgIpc) is 2.50. The van der Waals surface area contributed by atoms with Crippen LogP contribution in [0.25, 0.3) is 0 Å². The maximum absolute atomic E-state index is 13.5. The summed E-state index contributed by atoms with van der Waals surface area (Å²) < 4.78 is 67.3. The van der Waals surface area contributed by atoms with E-state index in [1.54, 1.807) is 12.1 Å². The van der Waals surface area contributed by atoms with Crippen LogP contribution in [0.15, 0.2) is 27.1 Å². The van der Waals surface area contributed by atoms with Crippen molar-refractivity contribution >= 4 is 43.5 Å². The van der Waals surface area contributed by atoms with E-state index >= 15 is 0 Å². The van der Waals surface area contributed by atoms with Gasteiger partial charge in [0.2, 0.25) is 11.7 Å². The molecule has 0 saturated heterocycles. The van der Waals surface area contributed by atoms with Crippen LogP contribution in [0.4, 0.5) is 27.6 Å². The molecule has 9 heteroatoms. The Kier molecular flexibility index (Phi) is 5.41. The second kappa shape index (κ2) is 6.96. The van der Waals surface area contributed by atoms with Crippen LogP contribution in [0.3, 0.4) is 0 Å². The van der Waals surface area contributed by atoms with Gasteiger partial charge in [-0.05, 0) is 34.1 Å². The Labute approximate surface area is 143 Å². The minimum absolute atomic E-state index is 0.280. The van der Waals surface area contributed by atoms with Crippen molar-refractivity contribution in [2.24, 2.45) is 0 Å². The van der Waals surface area contributed by atoms with E-state index in [-0.39, 0.29) is 5.69 Å². The molecule has 2 nitrogen and oxygen atoms in total. The first-order valence-electron chi connectivity index (χ1n) is 5.97. The second-order valence-electron chi connectivity index (χ2n) is 4.40. The number of benzene rings is 2. The SMILES string of the molecule is O=C(Cc1c(F)c(F)c(F)c(F)c1F)Nc1ccc(Br)cc1Br. The maximum Gasteiger partial charge on any atom is 0.229 e. The molecule has 0 saturated carbocycles. The maximum atomic E-state index is 13.5. The van der Waals surface area contributed by atoms with Crippen LogP contribution in [-0.4, -0.2) is 5.91 Å². The van der Waals surface area contributed by atoms with Gasteiger partial charge in [0.05, 0.1) is 12.1 Å². The van der Waals surface area contributed by atoms with Crippen LogP contribution < -0.4 is 5.32 Å². The van der Waals surface area contributed by atoms with E-state index in [2.05, 4.69) is 37.2 Å². The molecule has 0 heterocycles. The third kappa shape index (κ3) is 3.72. The smallest absolute Gasteiger partial charge is 0.229 e. The lowest BCUT2D eigenvalue weighted by Crippen LogP contribution is -2.18. The van der Waals surface area contributed by atoms with Crippen molar-refractivity contribution in [2.75, 3.05) is 5.32 Å². The number of carbonyl (C=O) groups is 1. The molecule has 1 N–H and O–H groups in total. The number of hydrogen-bond acceptors (Lipinski definition) is 1. The van der Waals surface area contributed by atoms with Crippen molar-refractivity contribution in [3.8, 4) is 0 Å². The third-order valence-electron chi connectivity index (χ3n) is 2.84. The number of rotatable bonds is 3. The topological polar surface area (TPSA) is 29.1 Å². The Morgan fingerprint density at radius 1 is 0.913 bits per heavy atom. The van der Waals surface area contributed by atoms with Crippen LogP contribution >= 0.6 is 31.9 Å². The van der Waals surface area contributed by atoms with Gasteiger partial charge in [0.1, 0.15) is 0 Å². The molecule has 0 atom stereocenters. The van der Waals surface area contributed by atoms with Crippen LogP contribution in [0, 0.1) is 29.1 Å². The summed E-state index contributed by atoms with van der Waals surface area (Å²) >= 11 is 6.36. The van der Waals surface area contributed by atoms with E-state index < -0.39 is 47.0 Å². The Morgan fingerprint density at radius 3 is 1.96 bits per heavy atom. The van der Waals surface area contributed by atoms with Crippen molar-refractivity contribution in [2.45, 2.75) is 6.42 Å². The molecule has 0 spiro atoms. The van der Waals surface area contributed by atoms with E-state index in [4.69, 9.17) is 0 Å². The number of halogens is 7. The van der Waals surface area contributed by atoms with Gasteiger partial charge in [-0.15, -0.1) is 0 Å². The summed E-state index contributed by atoms with van der Waals surface area (Å²) in [5, 5.41) is 2.32. The molecular formula is C14H6Br2F5NO. The number of amides is 1. The summed E-state index contributed by atoms with van der Waals surface area (Å²) in [7, 11) is 0. The summed E-state index contributed by atoms with van der Waals surface area (Å²) in [5.74, 6) is -11.4. The minimum atomic E-state index is -2.26. The van der Waals surface area contributed by atoms with Crippen molar-refractivity contribution < 1.29 is 26.7 Å². The van der Waals surface area contributed by atoms with Crippen molar-refractivity contribution in [1.29, 1.82) is 0 Å². The molecule has 0 aliphatic carbocycles. The van der Waals surface area contributed by atoms with E-state index in [9.17, 15) is 26.7 Å². The monoisotopic (exact) mass is 457 g/mol. The van der Waals surface area contributed by atoms with Crippen LogP contribution in [0.2, 0.25) is 0 Å². The lowest BCUT2D eigenvalue weighted by atomic mass is 10.1. The molecular weight excluding hydrogens is 453 g/mol. The first-order valence-corrected chi connectivity index (χ1v) is 7.56. The van der Waals surface area contributed by atoms with Gasteiger partial charge in [-0.25, -0.2) is 22.0 Å². The Hall–Kier alpha value is -1.48. The predicted octanol–water partition coefficient (Wildman–Crippen LogP) is 5.09. The lowest BCUT2D eigenvalue weighted by molar-refractivity contribution is -0.115. The molecule has 2 aromatic carbocycles. The Morgan fingerprint density at radius 2 is 1.43 bits per heavy atom. The zero-order valence-electron chi connectivity index (χ0n) is 11.0. The van der Waals surface area contributed by atoms with Gasteiger partial charge in [-0.3, -0.25) is 4.79 Å².